The number of anilines is 1. The Labute approximate surface area is 111 Å². The Morgan fingerprint density at radius 3 is 2.94 bits per heavy atom. The lowest BCUT2D eigenvalue weighted by molar-refractivity contribution is 1.17. The van der Waals surface area contributed by atoms with Crippen LogP contribution in [-0.4, -0.2) is 15.0 Å². The van der Waals surface area contributed by atoms with E-state index in [0.29, 0.717) is 5.95 Å². The first-order valence-corrected chi connectivity index (χ1v) is 6.18. The number of benzene rings is 1. The van der Waals surface area contributed by atoms with E-state index < -0.39 is 0 Å². The van der Waals surface area contributed by atoms with Crippen LogP contribution in [0.2, 0.25) is 0 Å². The highest BCUT2D eigenvalue weighted by Crippen LogP contribution is 2.30. The van der Waals surface area contributed by atoms with Gasteiger partial charge in [-0.25, -0.2) is 9.97 Å². The molecule has 4 nitrogen and oxygen atoms in total. The van der Waals surface area contributed by atoms with Gasteiger partial charge in [-0.05, 0) is 28.7 Å². The van der Waals surface area contributed by atoms with Gasteiger partial charge in [0, 0.05) is 28.9 Å². The fourth-order valence-electron chi connectivity index (χ4n) is 1.84. The lowest BCUT2D eigenvalue weighted by Gasteiger charge is -2.02. The predicted octanol–water partition coefficient (Wildman–Crippen LogP) is 2.81. The van der Waals surface area contributed by atoms with E-state index in [4.69, 9.17) is 5.73 Å². The smallest absolute Gasteiger partial charge is 0.220 e. The minimum Gasteiger partial charge on any atom is -0.368 e. The molecule has 1 aromatic carbocycles. The second-order valence-electron chi connectivity index (χ2n) is 3.67. The molecule has 84 valence electrons. The topological polar surface area (TPSA) is 67.6 Å². The molecular weight excluding hydrogens is 327 g/mol. The molecule has 2 aromatic heterocycles. The van der Waals surface area contributed by atoms with Gasteiger partial charge in [0.05, 0.1) is 9.26 Å². The van der Waals surface area contributed by atoms with Gasteiger partial charge in [-0.2, -0.15) is 0 Å². The molecule has 0 radical (unpaired) electrons. The van der Waals surface area contributed by atoms with E-state index in [2.05, 4.69) is 43.6 Å². The van der Waals surface area contributed by atoms with Gasteiger partial charge in [0.2, 0.25) is 5.95 Å². The van der Waals surface area contributed by atoms with E-state index in [0.717, 1.165) is 25.7 Å². The number of nitrogens with zero attached hydrogens (tertiary/aromatic N) is 2. The average molecular weight is 336 g/mol. The third-order valence-electron chi connectivity index (χ3n) is 2.61. The third kappa shape index (κ3) is 1.76. The number of para-hydroxylation sites is 1. The molecule has 0 fully saturated rings. The van der Waals surface area contributed by atoms with Gasteiger partial charge in [0.15, 0.2) is 0 Å². The summed E-state index contributed by atoms with van der Waals surface area (Å²) in [7, 11) is 0. The van der Waals surface area contributed by atoms with Crippen molar-refractivity contribution < 1.29 is 0 Å². The van der Waals surface area contributed by atoms with Crippen molar-refractivity contribution in [1.82, 2.24) is 15.0 Å². The molecule has 0 unspecified atom stereocenters. The highest BCUT2D eigenvalue weighted by molar-refractivity contribution is 14.1. The molecule has 0 atom stereocenters. The van der Waals surface area contributed by atoms with E-state index in [-0.39, 0.29) is 0 Å². The van der Waals surface area contributed by atoms with Crippen LogP contribution in [0.3, 0.4) is 0 Å². The molecule has 0 aliphatic rings. The number of H-pyrrole nitrogens is 1. The Morgan fingerprint density at radius 1 is 1.24 bits per heavy atom. The van der Waals surface area contributed by atoms with Crippen molar-refractivity contribution >= 4 is 39.4 Å². The molecule has 0 aliphatic heterocycles. The van der Waals surface area contributed by atoms with Crippen molar-refractivity contribution in [3.63, 3.8) is 0 Å². The van der Waals surface area contributed by atoms with Gasteiger partial charge < -0.3 is 10.7 Å². The van der Waals surface area contributed by atoms with Crippen LogP contribution in [0.5, 0.6) is 0 Å². The number of fused-ring (bicyclic) bond motifs is 1. The fraction of sp³-hybridized carbons (Fsp3) is 0. The van der Waals surface area contributed by atoms with Crippen molar-refractivity contribution in [3.05, 3.63) is 40.2 Å². The van der Waals surface area contributed by atoms with Gasteiger partial charge in [-0.3, -0.25) is 0 Å². The number of hydrogen-bond donors (Lipinski definition) is 2. The molecule has 0 amide bonds. The first-order valence-electron chi connectivity index (χ1n) is 5.10. The minimum atomic E-state index is 0.297. The highest BCUT2D eigenvalue weighted by Gasteiger charge is 2.11. The first-order chi connectivity index (χ1) is 8.25. The van der Waals surface area contributed by atoms with Crippen LogP contribution in [0, 0.1) is 3.57 Å². The molecule has 3 aromatic rings. The Bertz CT molecular complexity index is 690. The summed E-state index contributed by atoms with van der Waals surface area (Å²) < 4.78 is 0.988. The Balaban J connectivity index is 2.31. The largest absolute Gasteiger partial charge is 0.368 e. The van der Waals surface area contributed by atoms with Crippen molar-refractivity contribution in [3.8, 4) is 11.3 Å². The standard InChI is InChI=1S/C12H9IN4/c13-9-6-16-12(14)17-11(9)8-5-15-10-4-2-1-3-7(8)10/h1-6,15H,(H2,14,16,17). The number of hydrogen-bond acceptors (Lipinski definition) is 3. The number of nitrogens with two attached hydrogens (primary N) is 1. The Hall–Kier alpha value is -1.63. The molecule has 17 heavy (non-hydrogen) atoms. The van der Waals surface area contributed by atoms with Crippen LogP contribution in [0.15, 0.2) is 36.7 Å². The highest BCUT2D eigenvalue weighted by atomic mass is 127. The molecule has 0 saturated carbocycles. The number of nitrogen functional groups attached to an aromatic ring is 1. The zero-order valence-corrected chi connectivity index (χ0v) is 11.0. The van der Waals surface area contributed by atoms with Crippen molar-refractivity contribution in [2.75, 3.05) is 5.73 Å². The van der Waals surface area contributed by atoms with Crippen molar-refractivity contribution in [1.29, 1.82) is 0 Å². The van der Waals surface area contributed by atoms with E-state index in [1.807, 2.05) is 24.4 Å². The maximum atomic E-state index is 5.64. The van der Waals surface area contributed by atoms with Crippen molar-refractivity contribution in [2.45, 2.75) is 0 Å². The molecule has 0 saturated heterocycles. The third-order valence-corrected chi connectivity index (χ3v) is 3.40. The molecule has 3 N–H and O–H groups in total. The van der Waals surface area contributed by atoms with Gasteiger partial charge in [-0.1, -0.05) is 18.2 Å². The van der Waals surface area contributed by atoms with Crippen LogP contribution in [0.25, 0.3) is 22.2 Å². The van der Waals surface area contributed by atoms with Gasteiger partial charge in [-0.15, -0.1) is 0 Å². The maximum absolute atomic E-state index is 5.64. The molecular formula is C12H9IN4. The lowest BCUT2D eigenvalue weighted by Crippen LogP contribution is -1.97. The van der Waals surface area contributed by atoms with Crippen molar-refractivity contribution in [2.24, 2.45) is 0 Å². The molecule has 0 bridgehead atoms. The van der Waals surface area contributed by atoms with E-state index in [1.54, 1.807) is 6.20 Å². The summed E-state index contributed by atoms with van der Waals surface area (Å²) in [5, 5.41) is 1.14. The van der Waals surface area contributed by atoms with Gasteiger partial charge in [0.25, 0.3) is 0 Å². The summed E-state index contributed by atoms with van der Waals surface area (Å²) in [6, 6.07) is 8.12. The van der Waals surface area contributed by atoms with E-state index >= 15 is 0 Å². The first kappa shape index (κ1) is 10.5. The van der Waals surface area contributed by atoms with Crippen LogP contribution in [-0.2, 0) is 0 Å². The zero-order valence-electron chi connectivity index (χ0n) is 8.81. The Kier molecular flexibility index (Phi) is 2.47. The van der Waals surface area contributed by atoms with E-state index in [9.17, 15) is 0 Å². The van der Waals surface area contributed by atoms with Crippen LogP contribution in [0.1, 0.15) is 0 Å². The number of aromatic amines is 1. The zero-order chi connectivity index (χ0) is 11.8. The monoisotopic (exact) mass is 336 g/mol. The lowest BCUT2D eigenvalue weighted by atomic mass is 10.1. The molecule has 0 spiro atoms. The SMILES string of the molecule is Nc1ncc(I)c(-c2c[nH]c3ccccc23)n1. The number of aromatic nitrogens is 3. The molecule has 5 heteroatoms. The number of nitrogens with one attached hydrogen (secondary N) is 1. The molecule has 2 heterocycles. The summed E-state index contributed by atoms with van der Waals surface area (Å²) in [6.45, 7) is 0. The maximum Gasteiger partial charge on any atom is 0.220 e. The summed E-state index contributed by atoms with van der Waals surface area (Å²) in [4.78, 5) is 11.5. The van der Waals surface area contributed by atoms with E-state index in [1.165, 1.54) is 0 Å². The average Bonchev–Trinajstić information content (AvgIpc) is 2.76. The summed E-state index contributed by atoms with van der Waals surface area (Å²) in [5.41, 5.74) is 8.66. The van der Waals surface area contributed by atoms with Crippen LogP contribution >= 0.6 is 22.6 Å². The summed E-state index contributed by atoms with van der Waals surface area (Å²) in [5.74, 6) is 0.297. The van der Waals surface area contributed by atoms with Crippen LogP contribution in [0.4, 0.5) is 5.95 Å². The quantitative estimate of drug-likeness (QED) is 0.672. The van der Waals surface area contributed by atoms with Crippen LogP contribution < -0.4 is 5.73 Å². The number of halogens is 1. The predicted molar refractivity (Wildman–Crippen MR) is 76.5 cm³/mol. The van der Waals surface area contributed by atoms with Gasteiger partial charge >= 0.3 is 0 Å². The molecule has 0 aliphatic carbocycles. The Morgan fingerprint density at radius 2 is 2.06 bits per heavy atom. The fourth-order valence-corrected chi connectivity index (χ4v) is 2.39. The summed E-state index contributed by atoms with van der Waals surface area (Å²) >= 11 is 2.22. The van der Waals surface area contributed by atoms with Gasteiger partial charge in [0.1, 0.15) is 0 Å². The summed E-state index contributed by atoms with van der Waals surface area (Å²) in [6.07, 6.45) is 3.69. The second-order valence-corrected chi connectivity index (χ2v) is 4.83. The normalized spacial score (nSPS) is 10.9. The second kappa shape index (κ2) is 3.99. The molecule has 3 rings (SSSR count). The number of rotatable bonds is 1. The minimum absolute atomic E-state index is 0.297.